The van der Waals surface area contributed by atoms with Crippen LogP contribution in [0.25, 0.3) is 0 Å². The fourth-order valence-electron chi connectivity index (χ4n) is 2.89. The highest BCUT2D eigenvalue weighted by atomic mass is 32.2. The predicted molar refractivity (Wildman–Crippen MR) is 95.9 cm³/mol. The number of aliphatic hydroxyl groups is 1. The number of sulfonamides is 1. The van der Waals surface area contributed by atoms with Crippen LogP contribution >= 0.6 is 0 Å². The van der Waals surface area contributed by atoms with Gasteiger partial charge >= 0.3 is 0 Å². The Hall–Kier alpha value is -2.38. The van der Waals surface area contributed by atoms with Gasteiger partial charge in [0, 0.05) is 12.1 Å². The van der Waals surface area contributed by atoms with Crippen molar-refractivity contribution in [2.45, 2.75) is 12.5 Å². The van der Waals surface area contributed by atoms with Crippen molar-refractivity contribution in [1.29, 1.82) is 0 Å². The fraction of sp³-hybridized carbons (Fsp3) is 0.278. The molecule has 1 atom stereocenters. The van der Waals surface area contributed by atoms with Gasteiger partial charge in [-0.3, -0.25) is 9.10 Å². The highest BCUT2D eigenvalue weighted by Gasteiger charge is 2.28. The Morgan fingerprint density at radius 2 is 1.92 bits per heavy atom. The quantitative estimate of drug-likeness (QED) is 0.849. The van der Waals surface area contributed by atoms with E-state index in [0.717, 1.165) is 5.56 Å². The van der Waals surface area contributed by atoms with E-state index >= 15 is 0 Å². The molecule has 0 bridgehead atoms. The van der Waals surface area contributed by atoms with Gasteiger partial charge in [-0.25, -0.2) is 8.42 Å². The molecular weight excluding hydrogens is 340 g/mol. The van der Waals surface area contributed by atoms with Gasteiger partial charge in [-0.1, -0.05) is 36.4 Å². The Kier molecular flexibility index (Phi) is 5.06. The number of nitrogens with one attached hydrogen (secondary N) is 1. The van der Waals surface area contributed by atoms with Crippen LogP contribution in [0.3, 0.4) is 0 Å². The molecule has 1 aliphatic heterocycles. The van der Waals surface area contributed by atoms with E-state index in [1.54, 1.807) is 24.3 Å². The maximum absolute atomic E-state index is 12.5. The lowest BCUT2D eigenvalue weighted by Crippen LogP contribution is -2.31. The molecule has 0 radical (unpaired) electrons. The lowest BCUT2D eigenvalue weighted by molar-refractivity contribution is 0.0916. The zero-order chi connectivity index (χ0) is 17.9. The van der Waals surface area contributed by atoms with E-state index in [0.29, 0.717) is 24.2 Å². The minimum atomic E-state index is -3.29. The minimum Gasteiger partial charge on any atom is -0.394 e. The van der Waals surface area contributed by atoms with Crippen molar-refractivity contribution >= 4 is 21.6 Å². The van der Waals surface area contributed by atoms with E-state index in [2.05, 4.69) is 5.32 Å². The average molecular weight is 360 g/mol. The minimum absolute atomic E-state index is 0.129. The summed E-state index contributed by atoms with van der Waals surface area (Å²) >= 11 is 0. The van der Waals surface area contributed by atoms with Crippen LogP contribution in [0.1, 0.15) is 28.4 Å². The van der Waals surface area contributed by atoms with E-state index in [-0.39, 0.29) is 18.3 Å². The van der Waals surface area contributed by atoms with Crippen molar-refractivity contribution in [3.05, 3.63) is 65.7 Å². The molecule has 0 aromatic heterocycles. The van der Waals surface area contributed by atoms with Crippen LogP contribution < -0.4 is 9.62 Å². The van der Waals surface area contributed by atoms with Crippen LogP contribution in [0, 0.1) is 0 Å². The van der Waals surface area contributed by atoms with Crippen LogP contribution in [0.2, 0.25) is 0 Å². The fourth-order valence-corrected chi connectivity index (χ4v) is 4.45. The largest absolute Gasteiger partial charge is 0.394 e. The van der Waals surface area contributed by atoms with Gasteiger partial charge in [0.25, 0.3) is 5.91 Å². The number of rotatable bonds is 5. The van der Waals surface area contributed by atoms with Crippen molar-refractivity contribution in [1.82, 2.24) is 5.32 Å². The van der Waals surface area contributed by atoms with Gasteiger partial charge in [0.15, 0.2) is 0 Å². The zero-order valence-corrected chi connectivity index (χ0v) is 14.4. The summed E-state index contributed by atoms with van der Waals surface area (Å²) in [6, 6.07) is 15.2. The molecular formula is C18H20N2O4S. The van der Waals surface area contributed by atoms with E-state index in [4.69, 9.17) is 0 Å². The van der Waals surface area contributed by atoms with Crippen LogP contribution in [0.5, 0.6) is 0 Å². The molecule has 25 heavy (non-hydrogen) atoms. The lowest BCUT2D eigenvalue weighted by Gasteiger charge is -2.19. The number of benzene rings is 2. The molecule has 2 aromatic carbocycles. The summed E-state index contributed by atoms with van der Waals surface area (Å²) in [5.41, 5.74) is 1.65. The van der Waals surface area contributed by atoms with Crippen molar-refractivity contribution in [3.63, 3.8) is 0 Å². The summed E-state index contributed by atoms with van der Waals surface area (Å²) in [5.74, 6) is -0.231. The first-order chi connectivity index (χ1) is 12.0. The number of anilines is 1. The molecule has 3 rings (SSSR count). The standard InChI is InChI=1S/C18H20N2O4S/c21-13-17(14-6-2-1-3-7-14)19-18(22)15-8-4-9-16(12-15)20-10-5-11-25(20,23)24/h1-4,6-9,12,17,21H,5,10-11,13H2,(H,19,22)/t17-/m0/s1. The number of amides is 1. The van der Waals surface area contributed by atoms with Gasteiger partial charge in [-0.05, 0) is 30.2 Å². The Morgan fingerprint density at radius 3 is 2.56 bits per heavy atom. The highest BCUT2D eigenvalue weighted by molar-refractivity contribution is 7.93. The monoisotopic (exact) mass is 360 g/mol. The Morgan fingerprint density at radius 1 is 1.16 bits per heavy atom. The molecule has 2 aromatic rings. The Bertz CT molecular complexity index is 852. The van der Waals surface area contributed by atoms with Gasteiger partial charge in [-0.15, -0.1) is 0 Å². The molecule has 1 heterocycles. The Labute approximate surface area is 147 Å². The molecule has 0 spiro atoms. The molecule has 0 saturated carbocycles. The van der Waals surface area contributed by atoms with Crippen molar-refractivity contribution in [3.8, 4) is 0 Å². The van der Waals surface area contributed by atoms with Crippen LogP contribution in [-0.4, -0.2) is 38.3 Å². The highest BCUT2D eigenvalue weighted by Crippen LogP contribution is 2.25. The van der Waals surface area contributed by atoms with Crippen molar-refractivity contribution in [2.24, 2.45) is 0 Å². The van der Waals surface area contributed by atoms with Gasteiger partial charge in [-0.2, -0.15) is 0 Å². The number of carbonyl (C=O) groups is 1. The van der Waals surface area contributed by atoms with Crippen molar-refractivity contribution in [2.75, 3.05) is 23.2 Å². The summed E-state index contributed by atoms with van der Waals surface area (Å²) in [5, 5.41) is 12.3. The van der Waals surface area contributed by atoms with Crippen LogP contribution in [0.15, 0.2) is 54.6 Å². The van der Waals surface area contributed by atoms with E-state index in [9.17, 15) is 18.3 Å². The number of nitrogens with zero attached hydrogens (tertiary/aromatic N) is 1. The molecule has 7 heteroatoms. The first-order valence-corrected chi connectivity index (χ1v) is 9.69. The molecule has 1 amide bonds. The zero-order valence-electron chi connectivity index (χ0n) is 13.6. The van der Waals surface area contributed by atoms with Gasteiger partial charge in [0.1, 0.15) is 0 Å². The maximum Gasteiger partial charge on any atom is 0.251 e. The molecule has 2 N–H and O–H groups in total. The summed E-state index contributed by atoms with van der Waals surface area (Å²) in [6.07, 6.45) is 0.583. The lowest BCUT2D eigenvalue weighted by atomic mass is 10.1. The number of hydrogen-bond donors (Lipinski definition) is 2. The topological polar surface area (TPSA) is 86.7 Å². The number of hydrogen-bond acceptors (Lipinski definition) is 4. The first kappa shape index (κ1) is 17.4. The summed E-state index contributed by atoms with van der Waals surface area (Å²) in [4.78, 5) is 12.5. The van der Waals surface area contributed by atoms with Crippen LogP contribution in [0.4, 0.5) is 5.69 Å². The molecule has 0 unspecified atom stereocenters. The summed E-state index contributed by atoms with van der Waals surface area (Å²) in [6.45, 7) is 0.201. The second kappa shape index (κ2) is 7.25. The molecule has 1 fully saturated rings. The SMILES string of the molecule is O=C(N[C@@H](CO)c1ccccc1)c1cccc(N2CCCS2(=O)=O)c1. The maximum atomic E-state index is 12.5. The molecule has 1 aliphatic rings. The van der Waals surface area contributed by atoms with Gasteiger partial charge in [0.2, 0.25) is 10.0 Å². The molecule has 132 valence electrons. The third-order valence-electron chi connectivity index (χ3n) is 4.19. The third-order valence-corrected chi connectivity index (χ3v) is 6.05. The average Bonchev–Trinajstić information content (AvgIpc) is 2.99. The number of aliphatic hydroxyl groups excluding tert-OH is 1. The van der Waals surface area contributed by atoms with Gasteiger partial charge in [0.05, 0.1) is 24.1 Å². The summed E-state index contributed by atoms with van der Waals surface area (Å²) in [7, 11) is -3.29. The normalized spacial score (nSPS) is 17.2. The second-order valence-corrected chi connectivity index (χ2v) is 7.92. The van der Waals surface area contributed by atoms with E-state index < -0.39 is 16.1 Å². The predicted octanol–water partition coefficient (Wildman–Crippen LogP) is 1.69. The molecule has 1 saturated heterocycles. The third kappa shape index (κ3) is 3.83. The smallest absolute Gasteiger partial charge is 0.251 e. The number of carbonyl (C=O) groups excluding carboxylic acids is 1. The first-order valence-electron chi connectivity index (χ1n) is 8.08. The Balaban J connectivity index is 1.80. The van der Waals surface area contributed by atoms with Gasteiger partial charge < -0.3 is 10.4 Å². The molecule has 0 aliphatic carbocycles. The van der Waals surface area contributed by atoms with E-state index in [1.165, 1.54) is 4.31 Å². The summed E-state index contributed by atoms with van der Waals surface area (Å²) < 4.78 is 25.4. The van der Waals surface area contributed by atoms with Crippen molar-refractivity contribution < 1.29 is 18.3 Å². The van der Waals surface area contributed by atoms with Crippen LogP contribution in [-0.2, 0) is 10.0 Å². The second-order valence-electron chi connectivity index (χ2n) is 5.91. The van der Waals surface area contributed by atoms with E-state index in [1.807, 2.05) is 30.3 Å². The molecule has 6 nitrogen and oxygen atoms in total.